The van der Waals surface area contributed by atoms with Gasteiger partial charge in [0, 0.05) is 6.54 Å². The lowest BCUT2D eigenvalue weighted by atomic mass is 10.1. The molecule has 0 aliphatic carbocycles. The average molecular weight is 229 g/mol. The van der Waals surface area contributed by atoms with Crippen molar-refractivity contribution in [1.82, 2.24) is 5.32 Å². The number of rotatable bonds is 4. The van der Waals surface area contributed by atoms with Gasteiger partial charge in [0.2, 0.25) is 0 Å². The number of hydrogen-bond acceptors (Lipinski definition) is 2. The summed E-state index contributed by atoms with van der Waals surface area (Å²) in [7, 11) is 0. The van der Waals surface area contributed by atoms with Crippen molar-refractivity contribution in [2.45, 2.75) is 33.4 Å². The third-order valence-corrected chi connectivity index (χ3v) is 3.05. The van der Waals surface area contributed by atoms with Crippen molar-refractivity contribution in [3.05, 3.63) is 59.0 Å². The number of nitrogens with one attached hydrogen (secondary N) is 1. The van der Waals surface area contributed by atoms with Gasteiger partial charge in [-0.3, -0.25) is 0 Å². The van der Waals surface area contributed by atoms with E-state index in [1.54, 1.807) is 0 Å². The van der Waals surface area contributed by atoms with Crippen molar-refractivity contribution >= 4 is 0 Å². The van der Waals surface area contributed by atoms with Crippen LogP contribution in [0, 0.1) is 13.8 Å². The van der Waals surface area contributed by atoms with Crippen LogP contribution in [-0.4, -0.2) is 0 Å². The molecule has 0 amide bonds. The third-order valence-electron chi connectivity index (χ3n) is 3.05. The Bertz CT molecular complexity index is 487. The summed E-state index contributed by atoms with van der Waals surface area (Å²) < 4.78 is 5.60. The van der Waals surface area contributed by atoms with Crippen LogP contribution in [0.5, 0.6) is 0 Å². The molecule has 0 saturated heterocycles. The molecule has 0 saturated carbocycles. The first kappa shape index (κ1) is 11.9. The van der Waals surface area contributed by atoms with Gasteiger partial charge in [-0.2, -0.15) is 0 Å². The molecular formula is C15H19NO. The summed E-state index contributed by atoms with van der Waals surface area (Å²) in [6, 6.07) is 12.7. The second kappa shape index (κ2) is 5.19. The SMILES string of the molecule is Cc1ccc(C(C)NCc2ccccc2C)o1. The Hall–Kier alpha value is -1.54. The van der Waals surface area contributed by atoms with Gasteiger partial charge in [0.25, 0.3) is 0 Å². The summed E-state index contributed by atoms with van der Waals surface area (Å²) in [6.45, 7) is 7.10. The first-order valence-electron chi connectivity index (χ1n) is 6.01. The van der Waals surface area contributed by atoms with Gasteiger partial charge < -0.3 is 9.73 Å². The van der Waals surface area contributed by atoms with Crippen molar-refractivity contribution in [2.24, 2.45) is 0 Å². The minimum atomic E-state index is 0.239. The van der Waals surface area contributed by atoms with Crippen LogP contribution in [0.2, 0.25) is 0 Å². The van der Waals surface area contributed by atoms with Crippen LogP contribution in [0.3, 0.4) is 0 Å². The average Bonchev–Trinajstić information content (AvgIpc) is 2.74. The summed E-state index contributed by atoms with van der Waals surface area (Å²) >= 11 is 0. The van der Waals surface area contributed by atoms with Gasteiger partial charge in [-0.05, 0) is 44.0 Å². The Labute approximate surface area is 103 Å². The van der Waals surface area contributed by atoms with E-state index in [9.17, 15) is 0 Å². The summed E-state index contributed by atoms with van der Waals surface area (Å²) in [5.41, 5.74) is 2.66. The van der Waals surface area contributed by atoms with Crippen molar-refractivity contribution < 1.29 is 4.42 Å². The normalized spacial score (nSPS) is 12.6. The molecule has 2 rings (SSSR count). The molecule has 0 radical (unpaired) electrons. The maximum absolute atomic E-state index is 5.60. The molecule has 2 heteroatoms. The molecule has 17 heavy (non-hydrogen) atoms. The minimum absolute atomic E-state index is 0.239. The van der Waals surface area contributed by atoms with Gasteiger partial charge in [0.1, 0.15) is 11.5 Å². The van der Waals surface area contributed by atoms with Crippen LogP contribution in [0.1, 0.15) is 35.6 Å². The highest BCUT2D eigenvalue weighted by Crippen LogP contribution is 2.16. The highest BCUT2D eigenvalue weighted by atomic mass is 16.3. The fraction of sp³-hybridized carbons (Fsp3) is 0.333. The third kappa shape index (κ3) is 2.98. The molecular weight excluding hydrogens is 210 g/mol. The molecule has 1 N–H and O–H groups in total. The fourth-order valence-electron chi connectivity index (χ4n) is 1.86. The molecule has 0 fully saturated rings. The highest BCUT2D eigenvalue weighted by molar-refractivity contribution is 5.25. The van der Waals surface area contributed by atoms with E-state index >= 15 is 0 Å². The molecule has 0 aliphatic heterocycles. The topological polar surface area (TPSA) is 25.2 Å². The molecule has 2 aromatic rings. The van der Waals surface area contributed by atoms with Gasteiger partial charge >= 0.3 is 0 Å². The van der Waals surface area contributed by atoms with Crippen molar-refractivity contribution in [1.29, 1.82) is 0 Å². The van der Waals surface area contributed by atoms with Crippen molar-refractivity contribution in [2.75, 3.05) is 0 Å². The van der Waals surface area contributed by atoms with Gasteiger partial charge in [-0.15, -0.1) is 0 Å². The largest absolute Gasteiger partial charge is 0.465 e. The second-order valence-corrected chi connectivity index (χ2v) is 4.48. The standard InChI is InChI=1S/C15H19NO/c1-11-6-4-5-7-14(11)10-16-13(3)15-9-8-12(2)17-15/h4-9,13,16H,10H2,1-3H3. The molecule has 1 aromatic heterocycles. The first-order chi connectivity index (χ1) is 8.16. The highest BCUT2D eigenvalue weighted by Gasteiger charge is 2.08. The molecule has 1 aromatic carbocycles. The van der Waals surface area contributed by atoms with E-state index in [1.807, 2.05) is 19.1 Å². The summed E-state index contributed by atoms with van der Waals surface area (Å²) in [5, 5.41) is 3.48. The van der Waals surface area contributed by atoms with E-state index in [2.05, 4.69) is 43.4 Å². The number of benzene rings is 1. The minimum Gasteiger partial charge on any atom is -0.465 e. The predicted octanol–water partition coefficient (Wildman–Crippen LogP) is 3.75. The first-order valence-corrected chi connectivity index (χ1v) is 6.01. The Balaban J connectivity index is 1.97. The van der Waals surface area contributed by atoms with Crippen LogP contribution in [-0.2, 0) is 6.54 Å². The monoisotopic (exact) mass is 229 g/mol. The maximum atomic E-state index is 5.60. The van der Waals surface area contributed by atoms with E-state index in [0.29, 0.717) is 0 Å². The predicted molar refractivity (Wildman–Crippen MR) is 69.9 cm³/mol. The van der Waals surface area contributed by atoms with Crippen molar-refractivity contribution in [3.8, 4) is 0 Å². The molecule has 1 unspecified atom stereocenters. The van der Waals surface area contributed by atoms with Crippen LogP contribution >= 0.6 is 0 Å². The number of furan rings is 1. The Morgan fingerprint density at radius 3 is 2.53 bits per heavy atom. The fourth-order valence-corrected chi connectivity index (χ4v) is 1.86. The van der Waals surface area contributed by atoms with E-state index in [1.165, 1.54) is 11.1 Å². The Morgan fingerprint density at radius 2 is 1.88 bits per heavy atom. The zero-order valence-electron chi connectivity index (χ0n) is 10.7. The molecule has 1 heterocycles. The zero-order chi connectivity index (χ0) is 12.3. The Morgan fingerprint density at radius 1 is 1.12 bits per heavy atom. The zero-order valence-corrected chi connectivity index (χ0v) is 10.7. The van der Waals surface area contributed by atoms with Gasteiger partial charge in [0.15, 0.2) is 0 Å². The summed E-state index contributed by atoms with van der Waals surface area (Å²) in [6.07, 6.45) is 0. The molecule has 1 atom stereocenters. The van der Waals surface area contributed by atoms with Crippen LogP contribution in [0.15, 0.2) is 40.8 Å². The molecule has 90 valence electrons. The quantitative estimate of drug-likeness (QED) is 0.863. The van der Waals surface area contributed by atoms with E-state index in [0.717, 1.165) is 18.1 Å². The van der Waals surface area contributed by atoms with Crippen molar-refractivity contribution in [3.63, 3.8) is 0 Å². The molecule has 0 bridgehead atoms. The van der Waals surface area contributed by atoms with E-state index < -0.39 is 0 Å². The van der Waals surface area contributed by atoms with Gasteiger partial charge in [0.05, 0.1) is 6.04 Å². The lowest BCUT2D eigenvalue weighted by molar-refractivity contribution is 0.415. The number of hydrogen-bond donors (Lipinski definition) is 1. The lowest BCUT2D eigenvalue weighted by Gasteiger charge is -2.12. The maximum Gasteiger partial charge on any atom is 0.120 e. The summed E-state index contributed by atoms with van der Waals surface area (Å²) in [4.78, 5) is 0. The molecule has 0 spiro atoms. The Kier molecular flexibility index (Phi) is 3.64. The van der Waals surface area contributed by atoms with E-state index in [-0.39, 0.29) is 6.04 Å². The smallest absolute Gasteiger partial charge is 0.120 e. The number of aryl methyl sites for hydroxylation is 2. The summed E-state index contributed by atoms with van der Waals surface area (Å²) in [5.74, 6) is 1.96. The van der Waals surface area contributed by atoms with Crippen LogP contribution in [0.4, 0.5) is 0 Å². The van der Waals surface area contributed by atoms with Crippen LogP contribution in [0.25, 0.3) is 0 Å². The molecule has 0 aliphatic rings. The van der Waals surface area contributed by atoms with Gasteiger partial charge in [-0.25, -0.2) is 0 Å². The van der Waals surface area contributed by atoms with Crippen LogP contribution < -0.4 is 5.32 Å². The van der Waals surface area contributed by atoms with Gasteiger partial charge in [-0.1, -0.05) is 24.3 Å². The molecule has 2 nitrogen and oxygen atoms in total. The lowest BCUT2D eigenvalue weighted by Crippen LogP contribution is -2.18. The van der Waals surface area contributed by atoms with E-state index in [4.69, 9.17) is 4.42 Å². The second-order valence-electron chi connectivity index (χ2n) is 4.48.